The third-order valence-electron chi connectivity index (χ3n) is 5.05. The summed E-state index contributed by atoms with van der Waals surface area (Å²) < 4.78 is 0. The molecule has 2 aliphatic heterocycles. The third-order valence-corrected chi connectivity index (χ3v) is 6.07. The van der Waals surface area contributed by atoms with Gasteiger partial charge in [-0.3, -0.25) is 19.7 Å². The van der Waals surface area contributed by atoms with Crippen LogP contribution in [0.2, 0.25) is 0 Å². The van der Waals surface area contributed by atoms with Crippen LogP contribution in [0.1, 0.15) is 41.8 Å². The number of likely N-dealkylation sites (tertiary alicyclic amines) is 1. The Hall–Kier alpha value is -2.00. The normalized spacial score (nSPS) is 23.0. The quantitative estimate of drug-likeness (QED) is 0.578. The van der Waals surface area contributed by atoms with Crippen molar-refractivity contribution in [2.45, 2.75) is 38.1 Å². The number of hydrogen-bond acceptors (Lipinski definition) is 6. The van der Waals surface area contributed by atoms with Crippen LogP contribution in [0.5, 0.6) is 0 Å². The molecule has 142 valence electrons. The molecular formula is C17H24N4O4S. The minimum atomic E-state index is -0.504. The van der Waals surface area contributed by atoms with Gasteiger partial charge in [0.25, 0.3) is 5.91 Å². The molecule has 0 radical (unpaired) electrons. The zero-order chi connectivity index (χ0) is 18.5. The second-order valence-corrected chi connectivity index (χ2v) is 7.91. The monoisotopic (exact) mass is 380 g/mol. The number of hydrogen-bond donors (Lipinski definition) is 2. The molecule has 8 nitrogen and oxygen atoms in total. The van der Waals surface area contributed by atoms with Gasteiger partial charge in [0, 0.05) is 19.2 Å². The van der Waals surface area contributed by atoms with Gasteiger partial charge in [-0.25, -0.2) is 0 Å². The van der Waals surface area contributed by atoms with Crippen molar-refractivity contribution < 1.29 is 14.5 Å². The Morgan fingerprint density at radius 2 is 2.19 bits per heavy atom. The molecule has 0 aliphatic carbocycles. The summed E-state index contributed by atoms with van der Waals surface area (Å²) in [5.41, 5.74) is 0. The minimum absolute atomic E-state index is 0.0605. The summed E-state index contributed by atoms with van der Waals surface area (Å²) in [6.07, 6.45) is 4.71. The number of carbonyl (C=O) groups is 2. The number of nitro groups is 1. The Morgan fingerprint density at radius 1 is 1.35 bits per heavy atom. The molecule has 2 amide bonds. The highest BCUT2D eigenvalue weighted by Crippen LogP contribution is 2.28. The Labute approximate surface area is 156 Å². The van der Waals surface area contributed by atoms with Crippen molar-refractivity contribution in [3.05, 3.63) is 27.1 Å². The van der Waals surface area contributed by atoms with Crippen LogP contribution in [-0.2, 0) is 4.79 Å². The SMILES string of the molecule is O=C(NCCC1CCCNC1)C1CCCN1C(=O)c1ccc([N+](=O)[O-])s1. The molecule has 2 N–H and O–H groups in total. The van der Waals surface area contributed by atoms with Gasteiger partial charge in [-0.15, -0.1) is 0 Å². The molecule has 0 spiro atoms. The average molecular weight is 380 g/mol. The largest absolute Gasteiger partial charge is 0.354 e. The Bertz CT molecular complexity index is 671. The van der Waals surface area contributed by atoms with E-state index < -0.39 is 11.0 Å². The lowest BCUT2D eigenvalue weighted by Gasteiger charge is -2.25. The van der Waals surface area contributed by atoms with Crippen molar-refractivity contribution in [2.75, 3.05) is 26.2 Å². The van der Waals surface area contributed by atoms with Crippen molar-refractivity contribution >= 4 is 28.2 Å². The summed E-state index contributed by atoms with van der Waals surface area (Å²) in [6.45, 7) is 3.20. The first-order valence-corrected chi connectivity index (χ1v) is 9.91. The number of piperidine rings is 1. The van der Waals surface area contributed by atoms with E-state index in [2.05, 4.69) is 10.6 Å². The van der Waals surface area contributed by atoms with Crippen molar-refractivity contribution in [3.8, 4) is 0 Å². The molecule has 3 heterocycles. The number of nitrogens with zero attached hydrogens (tertiary/aromatic N) is 2. The van der Waals surface area contributed by atoms with Crippen molar-refractivity contribution in [3.63, 3.8) is 0 Å². The molecule has 2 fully saturated rings. The highest BCUT2D eigenvalue weighted by Gasteiger charge is 2.35. The van der Waals surface area contributed by atoms with Gasteiger partial charge >= 0.3 is 5.00 Å². The van der Waals surface area contributed by atoms with Crippen LogP contribution >= 0.6 is 11.3 Å². The predicted octanol–water partition coefficient (Wildman–Crippen LogP) is 1.77. The van der Waals surface area contributed by atoms with Gasteiger partial charge in [0.15, 0.2) is 0 Å². The zero-order valence-electron chi connectivity index (χ0n) is 14.6. The number of rotatable bonds is 6. The van der Waals surface area contributed by atoms with Crippen LogP contribution in [-0.4, -0.2) is 53.9 Å². The lowest BCUT2D eigenvalue weighted by Crippen LogP contribution is -2.46. The fraction of sp³-hybridized carbons (Fsp3) is 0.647. The fourth-order valence-electron chi connectivity index (χ4n) is 3.65. The first kappa shape index (κ1) is 18.8. The molecule has 0 aromatic carbocycles. The van der Waals surface area contributed by atoms with Gasteiger partial charge in [-0.05, 0) is 57.2 Å². The number of amides is 2. The van der Waals surface area contributed by atoms with Gasteiger partial charge < -0.3 is 15.5 Å². The van der Waals surface area contributed by atoms with E-state index >= 15 is 0 Å². The lowest BCUT2D eigenvalue weighted by molar-refractivity contribution is -0.380. The van der Waals surface area contributed by atoms with E-state index in [-0.39, 0.29) is 16.8 Å². The Balaban J connectivity index is 1.53. The molecule has 1 aromatic rings. The first-order valence-electron chi connectivity index (χ1n) is 9.10. The second kappa shape index (κ2) is 8.59. The summed E-state index contributed by atoms with van der Waals surface area (Å²) in [6, 6.07) is 2.32. The van der Waals surface area contributed by atoms with E-state index in [1.165, 1.54) is 25.0 Å². The van der Waals surface area contributed by atoms with Gasteiger partial charge in [0.1, 0.15) is 6.04 Å². The maximum Gasteiger partial charge on any atom is 0.324 e. The topological polar surface area (TPSA) is 105 Å². The summed E-state index contributed by atoms with van der Waals surface area (Å²) in [7, 11) is 0. The fourth-order valence-corrected chi connectivity index (χ4v) is 4.43. The number of nitrogens with one attached hydrogen (secondary N) is 2. The predicted molar refractivity (Wildman–Crippen MR) is 98.3 cm³/mol. The number of carbonyl (C=O) groups excluding carboxylic acids is 2. The van der Waals surface area contributed by atoms with Crippen LogP contribution in [0, 0.1) is 16.0 Å². The molecule has 0 saturated carbocycles. The number of thiophene rings is 1. The molecular weight excluding hydrogens is 356 g/mol. The molecule has 2 unspecified atom stereocenters. The molecule has 0 bridgehead atoms. The smallest absolute Gasteiger partial charge is 0.324 e. The molecule has 26 heavy (non-hydrogen) atoms. The zero-order valence-corrected chi connectivity index (χ0v) is 15.4. The highest BCUT2D eigenvalue weighted by molar-refractivity contribution is 7.17. The van der Waals surface area contributed by atoms with Gasteiger partial charge in [0.05, 0.1) is 9.80 Å². The highest BCUT2D eigenvalue weighted by atomic mass is 32.1. The summed E-state index contributed by atoms with van der Waals surface area (Å²) in [4.78, 5) is 37.3. The lowest BCUT2D eigenvalue weighted by atomic mass is 9.96. The summed E-state index contributed by atoms with van der Waals surface area (Å²) in [5.74, 6) is 0.180. The summed E-state index contributed by atoms with van der Waals surface area (Å²) in [5, 5.41) is 17.1. The van der Waals surface area contributed by atoms with E-state index in [1.807, 2.05) is 0 Å². The van der Waals surface area contributed by atoms with Gasteiger partial charge in [-0.1, -0.05) is 11.3 Å². The Kier molecular flexibility index (Phi) is 6.20. The molecule has 2 atom stereocenters. The maximum atomic E-state index is 12.6. The van der Waals surface area contributed by atoms with Crippen LogP contribution in [0.4, 0.5) is 5.00 Å². The minimum Gasteiger partial charge on any atom is -0.354 e. The van der Waals surface area contributed by atoms with Crippen molar-refractivity contribution in [2.24, 2.45) is 5.92 Å². The van der Waals surface area contributed by atoms with E-state index in [4.69, 9.17) is 0 Å². The molecule has 2 aliphatic rings. The molecule has 2 saturated heterocycles. The first-order chi connectivity index (χ1) is 12.6. The van der Waals surface area contributed by atoms with Crippen LogP contribution in [0.3, 0.4) is 0 Å². The maximum absolute atomic E-state index is 12.6. The molecule has 1 aromatic heterocycles. The molecule has 9 heteroatoms. The standard InChI is InChI=1S/C17H24N4O4S/c22-16(19-9-7-12-3-1-8-18-11-12)13-4-2-10-20(13)17(23)14-5-6-15(26-14)21(24)25/h5-6,12-13,18H,1-4,7-11H2,(H,19,22). The van der Waals surface area contributed by atoms with Crippen molar-refractivity contribution in [1.29, 1.82) is 0 Å². The van der Waals surface area contributed by atoms with Crippen molar-refractivity contribution in [1.82, 2.24) is 15.5 Å². The van der Waals surface area contributed by atoms with Crippen LogP contribution < -0.4 is 10.6 Å². The van der Waals surface area contributed by atoms with Gasteiger partial charge in [0.2, 0.25) is 5.91 Å². The third kappa shape index (κ3) is 4.39. The summed E-state index contributed by atoms with van der Waals surface area (Å²) >= 11 is 0.857. The average Bonchev–Trinajstić information content (AvgIpc) is 3.32. The van der Waals surface area contributed by atoms with Gasteiger partial charge in [-0.2, -0.15) is 0 Å². The molecule has 3 rings (SSSR count). The van der Waals surface area contributed by atoms with Crippen LogP contribution in [0.15, 0.2) is 12.1 Å². The second-order valence-electron chi connectivity index (χ2n) is 6.84. The van der Waals surface area contributed by atoms with E-state index in [9.17, 15) is 19.7 Å². The Morgan fingerprint density at radius 3 is 2.88 bits per heavy atom. The van der Waals surface area contributed by atoms with E-state index in [1.54, 1.807) is 4.90 Å². The van der Waals surface area contributed by atoms with E-state index in [0.29, 0.717) is 30.3 Å². The van der Waals surface area contributed by atoms with E-state index in [0.717, 1.165) is 37.3 Å². The van der Waals surface area contributed by atoms with Crippen LogP contribution in [0.25, 0.3) is 0 Å².